The molecule has 0 saturated heterocycles. The molecule has 1 amide bonds. The van der Waals surface area contributed by atoms with Gasteiger partial charge in [-0.05, 0) is 54.8 Å². The van der Waals surface area contributed by atoms with Crippen LogP contribution in [0.1, 0.15) is 30.5 Å². The number of nitrogen functional groups attached to an aromatic ring is 1. The van der Waals surface area contributed by atoms with E-state index >= 15 is 0 Å². The number of nitrogens with zero attached hydrogens (tertiary/aromatic N) is 2. The molecule has 2 aromatic carbocycles. The first-order valence-corrected chi connectivity index (χ1v) is 8.86. The molecule has 2 heterocycles. The number of allylic oxidation sites excluding steroid dienone is 1. The van der Waals surface area contributed by atoms with Gasteiger partial charge in [-0.3, -0.25) is 4.79 Å². The Morgan fingerprint density at radius 3 is 2.59 bits per heavy atom. The van der Waals surface area contributed by atoms with Crippen LogP contribution in [0.4, 0.5) is 5.69 Å². The van der Waals surface area contributed by atoms with E-state index in [2.05, 4.69) is 5.10 Å². The van der Waals surface area contributed by atoms with Gasteiger partial charge in [0.25, 0.3) is 0 Å². The summed E-state index contributed by atoms with van der Waals surface area (Å²) >= 11 is 0. The van der Waals surface area contributed by atoms with Gasteiger partial charge in [0.05, 0.1) is 11.8 Å². The van der Waals surface area contributed by atoms with Gasteiger partial charge in [0.15, 0.2) is 11.5 Å². The number of ether oxygens (including phenoxy) is 2. The Morgan fingerprint density at radius 1 is 1.19 bits per heavy atom. The highest BCUT2D eigenvalue weighted by Crippen LogP contribution is 2.37. The predicted molar refractivity (Wildman–Crippen MR) is 105 cm³/mol. The summed E-state index contributed by atoms with van der Waals surface area (Å²) in [6, 6.07) is 11.5. The number of fused-ring (bicyclic) bond motifs is 2. The van der Waals surface area contributed by atoms with E-state index < -0.39 is 0 Å². The van der Waals surface area contributed by atoms with Gasteiger partial charge in [0.1, 0.15) is 0 Å². The molecule has 0 aromatic heterocycles. The number of hydrogen-bond donors (Lipinski definition) is 1. The Labute approximate surface area is 157 Å². The average molecular weight is 363 g/mol. The van der Waals surface area contributed by atoms with Crippen molar-refractivity contribution < 1.29 is 14.3 Å². The van der Waals surface area contributed by atoms with Crippen molar-refractivity contribution in [3.8, 4) is 11.5 Å². The quantitative estimate of drug-likeness (QED) is 0.831. The number of hydrazone groups is 1. The maximum atomic E-state index is 12.1. The first-order chi connectivity index (χ1) is 13.0. The maximum Gasteiger partial charge on any atom is 0.239 e. The average Bonchev–Trinajstić information content (AvgIpc) is 3.04. The second kappa shape index (κ2) is 6.79. The van der Waals surface area contributed by atoms with Gasteiger partial charge in [-0.1, -0.05) is 18.2 Å². The molecule has 2 aliphatic rings. The standard InChI is InChI=1S/C21H21N3O3/c1-13-9-16-10-20-21(27-12-26-20)11-18(16)19(23-24(13)14(2)25)8-5-15-3-6-17(22)7-4-15/h3-8,10-11,13H,9,12,22H2,1-2H3. The van der Waals surface area contributed by atoms with E-state index in [1.807, 2.05) is 55.5 Å². The van der Waals surface area contributed by atoms with Gasteiger partial charge in [-0.15, -0.1) is 0 Å². The Bertz CT molecular complexity index is 948. The van der Waals surface area contributed by atoms with Gasteiger partial charge in [0.2, 0.25) is 12.7 Å². The summed E-state index contributed by atoms with van der Waals surface area (Å²) in [4.78, 5) is 12.1. The van der Waals surface area contributed by atoms with Gasteiger partial charge in [-0.25, -0.2) is 5.01 Å². The van der Waals surface area contributed by atoms with E-state index in [1.165, 1.54) is 11.9 Å². The molecular weight excluding hydrogens is 342 g/mol. The van der Waals surface area contributed by atoms with Crippen LogP contribution in [0.2, 0.25) is 0 Å². The smallest absolute Gasteiger partial charge is 0.239 e. The third kappa shape index (κ3) is 3.38. The number of rotatable bonds is 2. The molecule has 0 radical (unpaired) electrons. The van der Waals surface area contributed by atoms with Gasteiger partial charge >= 0.3 is 0 Å². The molecule has 27 heavy (non-hydrogen) atoms. The van der Waals surface area contributed by atoms with Crippen LogP contribution in [0.3, 0.4) is 0 Å². The molecular formula is C21H21N3O3. The van der Waals surface area contributed by atoms with E-state index in [9.17, 15) is 4.79 Å². The van der Waals surface area contributed by atoms with Crippen LogP contribution in [0.15, 0.2) is 47.6 Å². The molecule has 138 valence electrons. The highest BCUT2D eigenvalue weighted by molar-refractivity contribution is 6.12. The van der Waals surface area contributed by atoms with E-state index in [4.69, 9.17) is 15.2 Å². The van der Waals surface area contributed by atoms with Crippen molar-refractivity contribution in [2.45, 2.75) is 26.3 Å². The van der Waals surface area contributed by atoms with Crippen LogP contribution < -0.4 is 15.2 Å². The Balaban J connectivity index is 1.79. The zero-order valence-electron chi connectivity index (χ0n) is 15.3. The summed E-state index contributed by atoms with van der Waals surface area (Å²) in [5, 5.41) is 6.19. The highest BCUT2D eigenvalue weighted by Gasteiger charge is 2.26. The van der Waals surface area contributed by atoms with Crippen molar-refractivity contribution >= 4 is 23.4 Å². The summed E-state index contributed by atoms with van der Waals surface area (Å²) < 4.78 is 11.1. The summed E-state index contributed by atoms with van der Waals surface area (Å²) in [5.74, 6) is 1.35. The zero-order valence-corrected chi connectivity index (χ0v) is 15.3. The van der Waals surface area contributed by atoms with Crippen LogP contribution in [0.25, 0.3) is 6.08 Å². The molecule has 0 saturated carbocycles. The highest BCUT2D eigenvalue weighted by atomic mass is 16.7. The Morgan fingerprint density at radius 2 is 1.89 bits per heavy atom. The lowest BCUT2D eigenvalue weighted by Crippen LogP contribution is -2.33. The van der Waals surface area contributed by atoms with Crippen LogP contribution in [-0.4, -0.2) is 29.5 Å². The molecule has 0 fully saturated rings. The van der Waals surface area contributed by atoms with Gasteiger partial charge < -0.3 is 15.2 Å². The van der Waals surface area contributed by atoms with Crippen molar-refractivity contribution in [1.29, 1.82) is 0 Å². The molecule has 4 rings (SSSR count). The minimum atomic E-state index is -0.0891. The van der Waals surface area contributed by atoms with Gasteiger partial charge in [-0.2, -0.15) is 5.10 Å². The van der Waals surface area contributed by atoms with Crippen molar-refractivity contribution in [1.82, 2.24) is 5.01 Å². The van der Waals surface area contributed by atoms with Crippen molar-refractivity contribution in [3.63, 3.8) is 0 Å². The molecule has 2 N–H and O–H groups in total. The SMILES string of the molecule is CC(=O)N1N=C(C=Cc2ccc(N)cc2)c2cc3c(cc2CC1C)OCO3. The molecule has 0 bridgehead atoms. The molecule has 0 spiro atoms. The summed E-state index contributed by atoms with van der Waals surface area (Å²) in [6.07, 6.45) is 4.57. The van der Waals surface area contributed by atoms with E-state index in [1.54, 1.807) is 0 Å². The summed E-state index contributed by atoms with van der Waals surface area (Å²) in [7, 11) is 0. The lowest BCUT2D eigenvalue weighted by atomic mass is 9.97. The van der Waals surface area contributed by atoms with Crippen molar-refractivity contribution in [2.75, 3.05) is 12.5 Å². The minimum Gasteiger partial charge on any atom is -0.454 e. The van der Waals surface area contributed by atoms with Gasteiger partial charge in [0, 0.05) is 18.2 Å². The summed E-state index contributed by atoms with van der Waals surface area (Å²) in [6.45, 7) is 3.75. The first-order valence-electron chi connectivity index (χ1n) is 8.86. The first kappa shape index (κ1) is 17.1. The Kier molecular flexibility index (Phi) is 4.32. The number of anilines is 1. The lowest BCUT2D eigenvalue weighted by molar-refractivity contribution is -0.130. The second-order valence-corrected chi connectivity index (χ2v) is 6.76. The fourth-order valence-corrected chi connectivity index (χ4v) is 3.35. The molecule has 0 aliphatic carbocycles. The molecule has 6 nitrogen and oxygen atoms in total. The van der Waals surface area contributed by atoms with Crippen molar-refractivity contribution in [2.24, 2.45) is 5.10 Å². The third-order valence-corrected chi connectivity index (χ3v) is 4.72. The Hall–Kier alpha value is -3.28. The van der Waals surface area contributed by atoms with E-state index in [0.717, 1.165) is 22.4 Å². The number of benzene rings is 2. The normalized spacial score (nSPS) is 18.2. The fraction of sp³-hybridized carbons (Fsp3) is 0.238. The number of nitrogens with two attached hydrogens (primary N) is 1. The molecule has 2 aliphatic heterocycles. The molecule has 1 unspecified atom stereocenters. The lowest BCUT2D eigenvalue weighted by Gasteiger charge is -2.21. The van der Waals surface area contributed by atoms with Crippen LogP contribution >= 0.6 is 0 Å². The molecule has 6 heteroatoms. The monoisotopic (exact) mass is 363 g/mol. The fourth-order valence-electron chi connectivity index (χ4n) is 3.35. The summed E-state index contributed by atoms with van der Waals surface area (Å²) in [5.41, 5.74) is 10.2. The molecule has 1 atom stereocenters. The van der Waals surface area contributed by atoms with E-state index in [-0.39, 0.29) is 18.7 Å². The van der Waals surface area contributed by atoms with Crippen LogP contribution in [-0.2, 0) is 11.2 Å². The maximum absolute atomic E-state index is 12.1. The molecule has 2 aromatic rings. The second-order valence-electron chi connectivity index (χ2n) is 6.76. The van der Waals surface area contributed by atoms with Crippen LogP contribution in [0.5, 0.6) is 11.5 Å². The number of amides is 1. The topological polar surface area (TPSA) is 77.2 Å². The van der Waals surface area contributed by atoms with E-state index in [0.29, 0.717) is 23.6 Å². The largest absolute Gasteiger partial charge is 0.454 e. The van der Waals surface area contributed by atoms with Crippen LogP contribution in [0, 0.1) is 0 Å². The third-order valence-electron chi connectivity index (χ3n) is 4.72. The predicted octanol–water partition coefficient (Wildman–Crippen LogP) is 3.21. The number of hydrogen-bond acceptors (Lipinski definition) is 5. The number of carbonyl (C=O) groups is 1. The van der Waals surface area contributed by atoms with Crippen molar-refractivity contribution in [3.05, 3.63) is 59.2 Å². The minimum absolute atomic E-state index is 0.0518. The number of carbonyl (C=O) groups excluding carboxylic acids is 1. The zero-order chi connectivity index (χ0) is 19.0.